The van der Waals surface area contributed by atoms with Crippen molar-refractivity contribution in [3.8, 4) is 0 Å². The Labute approximate surface area is 95.0 Å². The summed E-state index contributed by atoms with van der Waals surface area (Å²) in [6, 6.07) is 8.88. The van der Waals surface area contributed by atoms with E-state index in [1.165, 1.54) is 11.1 Å². The zero-order valence-corrected chi connectivity index (χ0v) is 9.44. The molecule has 1 N–H and O–H groups in total. The smallest absolute Gasteiger partial charge is 0.157 e. The van der Waals surface area contributed by atoms with Gasteiger partial charge in [-0.25, -0.2) is 0 Å². The molecule has 16 heavy (non-hydrogen) atoms. The van der Waals surface area contributed by atoms with Gasteiger partial charge in [0.15, 0.2) is 5.58 Å². The Morgan fingerprint density at radius 3 is 3.19 bits per heavy atom. The van der Waals surface area contributed by atoms with E-state index >= 15 is 0 Å². The number of benzene rings is 1. The molecule has 1 fully saturated rings. The van der Waals surface area contributed by atoms with Gasteiger partial charge in [0.2, 0.25) is 0 Å². The number of nitrogens with one attached hydrogen (secondary N) is 1. The Morgan fingerprint density at radius 1 is 1.38 bits per heavy atom. The van der Waals surface area contributed by atoms with Crippen LogP contribution in [-0.4, -0.2) is 25.7 Å². The lowest BCUT2D eigenvalue weighted by Crippen LogP contribution is -2.49. The standard InChI is InChI=1S/C13H16N2O/c1-10-9-14-6-7-15(10)12-4-2-3-11-5-8-16-13(11)12/h2-5,8,10,14H,6-7,9H2,1H3/t10-/m0/s1. The van der Waals surface area contributed by atoms with E-state index in [9.17, 15) is 0 Å². The van der Waals surface area contributed by atoms with Crippen molar-refractivity contribution in [2.75, 3.05) is 24.5 Å². The van der Waals surface area contributed by atoms with Gasteiger partial charge in [-0.15, -0.1) is 0 Å². The lowest BCUT2D eigenvalue weighted by Gasteiger charge is -2.35. The number of anilines is 1. The first-order valence-corrected chi connectivity index (χ1v) is 5.80. The average molecular weight is 216 g/mol. The first kappa shape index (κ1) is 9.73. The number of piperazine rings is 1. The summed E-state index contributed by atoms with van der Waals surface area (Å²) in [6.07, 6.45) is 1.76. The first-order chi connectivity index (χ1) is 7.86. The predicted molar refractivity (Wildman–Crippen MR) is 65.9 cm³/mol. The Balaban J connectivity index is 2.07. The summed E-state index contributed by atoms with van der Waals surface area (Å²) < 4.78 is 5.59. The van der Waals surface area contributed by atoms with E-state index in [2.05, 4.69) is 35.3 Å². The second-order valence-corrected chi connectivity index (χ2v) is 4.36. The zero-order valence-electron chi connectivity index (χ0n) is 9.44. The molecule has 0 bridgehead atoms. The zero-order chi connectivity index (χ0) is 11.0. The number of nitrogens with zero attached hydrogens (tertiary/aromatic N) is 1. The van der Waals surface area contributed by atoms with Gasteiger partial charge in [0.25, 0.3) is 0 Å². The number of furan rings is 1. The quantitative estimate of drug-likeness (QED) is 0.792. The molecule has 1 aromatic carbocycles. The highest BCUT2D eigenvalue weighted by Gasteiger charge is 2.20. The molecule has 2 aromatic rings. The normalized spacial score (nSPS) is 21.6. The molecular formula is C13H16N2O. The molecule has 0 spiro atoms. The second-order valence-electron chi connectivity index (χ2n) is 4.36. The van der Waals surface area contributed by atoms with Crippen LogP contribution in [0.3, 0.4) is 0 Å². The lowest BCUT2D eigenvalue weighted by molar-refractivity contribution is 0.498. The molecule has 0 amide bonds. The van der Waals surface area contributed by atoms with Crippen LogP contribution in [0, 0.1) is 0 Å². The highest BCUT2D eigenvalue weighted by atomic mass is 16.3. The van der Waals surface area contributed by atoms with Crippen molar-refractivity contribution in [2.45, 2.75) is 13.0 Å². The molecule has 0 saturated carbocycles. The van der Waals surface area contributed by atoms with Crippen LogP contribution in [-0.2, 0) is 0 Å². The third-order valence-electron chi connectivity index (χ3n) is 3.27. The molecule has 1 aliphatic heterocycles. The lowest BCUT2D eigenvalue weighted by atomic mass is 10.1. The van der Waals surface area contributed by atoms with Crippen molar-refractivity contribution in [3.05, 3.63) is 30.5 Å². The largest absolute Gasteiger partial charge is 0.462 e. The molecule has 0 aliphatic carbocycles. The van der Waals surface area contributed by atoms with E-state index in [0.29, 0.717) is 6.04 Å². The topological polar surface area (TPSA) is 28.4 Å². The third kappa shape index (κ3) is 1.48. The maximum Gasteiger partial charge on any atom is 0.157 e. The highest BCUT2D eigenvalue weighted by Crippen LogP contribution is 2.29. The summed E-state index contributed by atoms with van der Waals surface area (Å²) in [6.45, 7) is 5.37. The van der Waals surface area contributed by atoms with Crippen molar-refractivity contribution >= 4 is 16.7 Å². The molecule has 3 rings (SSSR count). The summed E-state index contributed by atoms with van der Waals surface area (Å²) in [5.74, 6) is 0. The van der Waals surface area contributed by atoms with Gasteiger partial charge in [0.1, 0.15) is 0 Å². The molecule has 1 saturated heterocycles. The molecular weight excluding hydrogens is 200 g/mol. The number of fused-ring (bicyclic) bond motifs is 1. The summed E-state index contributed by atoms with van der Waals surface area (Å²) in [5.41, 5.74) is 2.23. The molecule has 3 nitrogen and oxygen atoms in total. The first-order valence-electron chi connectivity index (χ1n) is 5.80. The SMILES string of the molecule is C[C@H]1CNCCN1c1cccc2ccoc12. The molecule has 1 aliphatic rings. The van der Waals surface area contributed by atoms with E-state index in [1.807, 2.05) is 6.07 Å². The predicted octanol–water partition coefficient (Wildman–Crippen LogP) is 2.23. The van der Waals surface area contributed by atoms with Crippen LogP contribution in [0.15, 0.2) is 34.9 Å². The monoisotopic (exact) mass is 216 g/mol. The Hall–Kier alpha value is -1.48. The summed E-state index contributed by atoms with van der Waals surface area (Å²) >= 11 is 0. The van der Waals surface area contributed by atoms with E-state index in [0.717, 1.165) is 25.2 Å². The Bertz CT molecular complexity index is 491. The maximum atomic E-state index is 5.59. The number of para-hydroxylation sites is 1. The van der Waals surface area contributed by atoms with E-state index in [-0.39, 0.29) is 0 Å². The van der Waals surface area contributed by atoms with Crippen molar-refractivity contribution < 1.29 is 4.42 Å². The minimum atomic E-state index is 0.518. The fourth-order valence-corrected chi connectivity index (χ4v) is 2.40. The summed E-state index contributed by atoms with van der Waals surface area (Å²) in [4.78, 5) is 2.42. The molecule has 1 aromatic heterocycles. The van der Waals surface area contributed by atoms with Crippen LogP contribution >= 0.6 is 0 Å². The average Bonchev–Trinajstić information content (AvgIpc) is 2.77. The number of rotatable bonds is 1. The van der Waals surface area contributed by atoms with Gasteiger partial charge in [0, 0.05) is 31.1 Å². The number of hydrogen-bond acceptors (Lipinski definition) is 3. The van der Waals surface area contributed by atoms with Crippen molar-refractivity contribution in [1.82, 2.24) is 5.32 Å². The molecule has 3 heteroatoms. The highest BCUT2D eigenvalue weighted by molar-refractivity contribution is 5.89. The van der Waals surface area contributed by atoms with Gasteiger partial charge in [-0.05, 0) is 19.1 Å². The van der Waals surface area contributed by atoms with Crippen LogP contribution in [0.25, 0.3) is 11.0 Å². The van der Waals surface area contributed by atoms with E-state index < -0.39 is 0 Å². The van der Waals surface area contributed by atoms with Crippen LogP contribution in [0.5, 0.6) is 0 Å². The summed E-state index contributed by atoms with van der Waals surface area (Å²) in [7, 11) is 0. The van der Waals surface area contributed by atoms with Crippen LogP contribution in [0.1, 0.15) is 6.92 Å². The molecule has 84 valence electrons. The molecule has 1 atom stereocenters. The Morgan fingerprint density at radius 2 is 2.31 bits per heavy atom. The third-order valence-corrected chi connectivity index (χ3v) is 3.27. The van der Waals surface area contributed by atoms with Crippen LogP contribution in [0.4, 0.5) is 5.69 Å². The number of hydrogen-bond donors (Lipinski definition) is 1. The van der Waals surface area contributed by atoms with Gasteiger partial charge >= 0.3 is 0 Å². The maximum absolute atomic E-state index is 5.59. The van der Waals surface area contributed by atoms with Gasteiger partial charge in [0.05, 0.1) is 12.0 Å². The second kappa shape index (κ2) is 3.83. The van der Waals surface area contributed by atoms with Crippen LogP contribution < -0.4 is 10.2 Å². The minimum absolute atomic E-state index is 0.518. The van der Waals surface area contributed by atoms with Gasteiger partial charge in [-0.2, -0.15) is 0 Å². The van der Waals surface area contributed by atoms with Crippen molar-refractivity contribution in [1.29, 1.82) is 0 Å². The van der Waals surface area contributed by atoms with Gasteiger partial charge in [-0.1, -0.05) is 12.1 Å². The Kier molecular flexibility index (Phi) is 2.33. The van der Waals surface area contributed by atoms with Crippen molar-refractivity contribution in [2.24, 2.45) is 0 Å². The summed E-state index contributed by atoms with van der Waals surface area (Å²) in [5, 5.41) is 4.59. The van der Waals surface area contributed by atoms with Gasteiger partial charge in [-0.3, -0.25) is 0 Å². The van der Waals surface area contributed by atoms with Gasteiger partial charge < -0.3 is 14.6 Å². The minimum Gasteiger partial charge on any atom is -0.462 e. The van der Waals surface area contributed by atoms with Crippen LogP contribution in [0.2, 0.25) is 0 Å². The molecule has 0 radical (unpaired) electrons. The fraction of sp³-hybridized carbons (Fsp3) is 0.385. The molecule has 2 heterocycles. The fourth-order valence-electron chi connectivity index (χ4n) is 2.40. The van der Waals surface area contributed by atoms with Crippen molar-refractivity contribution in [3.63, 3.8) is 0 Å². The van der Waals surface area contributed by atoms with E-state index in [4.69, 9.17) is 4.42 Å². The molecule has 0 unspecified atom stereocenters. The van der Waals surface area contributed by atoms with E-state index in [1.54, 1.807) is 6.26 Å².